The lowest BCUT2D eigenvalue weighted by atomic mass is 10.2. The van der Waals surface area contributed by atoms with Crippen LogP contribution in [0.4, 0.5) is 28.9 Å². The maximum atomic E-state index is 12.9. The monoisotopic (exact) mass is 310 g/mol. The van der Waals surface area contributed by atoms with Crippen LogP contribution < -0.4 is 10.1 Å². The minimum atomic E-state index is -4.29. The molecule has 0 aliphatic heterocycles. The van der Waals surface area contributed by atoms with E-state index in [1.54, 1.807) is 13.8 Å². The van der Waals surface area contributed by atoms with Gasteiger partial charge in [-0.25, -0.2) is 8.78 Å². The minimum absolute atomic E-state index is 0.125. The molecule has 0 unspecified atom stereocenters. The Morgan fingerprint density at radius 1 is 1.38 bits per heavy atom. The zero-order chi connectivity index (χ0) is 16.2. The van der Waals surface area contributed by atoms with E-state index in [4.69, 9.17) is 4.74 Å². The lowest BCUT2D eigenvalue weighted by Crippen LogP contribution is -2.35. The third kappa shape index (κ3) is 4.47. The number of nitro groups is 1. The molecule has 118 valence electrons. The van der Waals surface area contributed by atoms with Gasteiger partial charge in [0.25, 0.3) is 0 Å². The molecule has 1 aromatic carbocycles. The number of nitrogens with one attached hydrogen (secondary N) is 1. The Bertz CT molecular complexity index is 509. The molecule has 0 bridgehead atoms. The predicted molar refractivity (Wildman–Crippen MR) is 68.3 cm³/mol. The Morgan fingerprint density at radius 2 is 2.00 bits per heavy atom. The number of anilines is 1. The summed E-state index contributed by atoms with van der Waals surface area (Å²) >= 11 is 0. The van der Waals surface area contributed by atoms with E-state index in [-0.39, 0.29) is 17.5 Å². The molecule has 0 saturated carbocycles. The number of halogens is 4. The molecule has 0 heterocycles. The van der Waals surface area contributed by atoms with Crippen LogP contribution in [0.15, 0.2) is 18.2 Å². The van der Waals surface area contributed by atoms with Gasteiger partial charge in [0, 0.05) is 0 Å². The van der Waals surface area contributed by atoms with Gasteiger partial charge in [-0.2, -0.15) is 8.78 Å². The van der Waals surface area contributed by atoms with E-state index in [2.05, 4.69) is 0 Å². The van der Waals surface area contributed by atoms with Crippen molar-refractivity contribution in [3.8, 4) is 5.75 Å². The van der Waals surface area contributed by atoms with Gasteiger partial charge in [0.1, 0.15) is 5.69 Å². The van der Waals surface area contributed by atoms with Crippen LogP contribution in [-0.4, -0.2) is 29.9 Å². The highest BCUT2D eigenvalue weighted by Crippen LogP contribution is 2.36. The number of hydrogen-bond donors (Lipinski definition) is 1. The molecule has 1 aromatic rings. The highest BCUT2D eigenvalue weighted by Gasteiger charge is 2.41. The fourth-order valence-electron chi connectivity index (χ4n) is 1.49. The first-order chi connectivity index (χ1) is 9.65. The molecule has 0 amide bonds. The first kappa shape index (κ1) is 17.0. The normalized spacial score (nSPS) is 11.8. The summed E-state index contributed by atoms with van der Waals surface area (Å²) in [6, 6.07) is 3.79. The molecule has 0 saturated heterocycles. The number of para-hydroxylation sites is 1. The van der Waals surface area contributed by atoms with Crippen LogP contribution in [0, 0.1) is 10.1 Å². The molecule has 5 nitrogen and oxygen atoms in total. The Kier molecular flexibility index (Phi) is 5.34. The summed E-state index contributed by atoms with van der Waals surface area (Å²) < 4.78 is 55.1. The average molecular weight is 310 g/mol. The molecule has 0 radical (unpaired) electrons. The van der Waals surface area contributed by atoms with E-state index in [9.17, 15) is 27.7 Å². The molecule has 0 spiro atoms. The number of benzene rings is 1. The van der Waals surface area contributed by atoms with Gasteiger partial charge in [-0.15, -0.1) is 0 Å². The van der Waals surface area contributed by atoms with Crippen molar-refractivity contribution in [2.45, 2.75) is 32.3 Å². The average Bonchev–Trinajstić information content (AvgIpc) is 2.35. The van der Waals surface area contributed by atoms with Gasteiger partial charge in [-0.3, -0.25) is 10.1 Å². The van der Waals surface area contributed by atoms with Crippen molar-refractivity contribution in [2.24, 2.45) is 0 Å². The van der Waals surface area contributed by atoms with Crippen LogP contribution in [0.5, 0.6) is 5.75 Å². The summed E-state index contributed by atoms with van der Waals surface area (Å²) in [5, 5.41) is 13.0. The second kappa shape index (κ2) is 6.59. The summed E-state index contributed by atoms with van der Waals surface area (Å²) in [5.74, 6) is -4.41. The van der Waals surface area contributed by atoms with Gasteiger partial charge in [0.2, 0.25) is 0 Å². The Morgan fingerprint density at radius 3 is 2.48 bits per heavy atom. The van der Waals surface area contributed by atoms with Crippen molar-refractivity contribution >= 4 is 11.4 Å². The topological polar surface area (TPSA) is 64.4 Å². The molecule has 0 fully saturated rings. The van der Waals surface area contributed by atoms with E-state index < -0.39 is 29.5 Å². The number of rotatable bonds is 7. The van der Waals surface area contributed by atoms with Crippen LogP contribution in [0.3, 0.4) is 0 Å². The summed E-state index contributed by atoms with van der Waals surface area (Å²) in [7, 11) is 0. The lowest BCUT2D eigenvalue weighted by molar-refractivity contribution is -0.385. The number of ether oxygens (including phenoxy) is 1. The molecule has 1 rings (SSSR count). The van der Waals surface area contributed by atoms with Crippen molar-refractivity contribution in [1.29, 1.82) is 0 Å². The van der Waals surface area contributed by atoms with Crippen molar-refractivity contribution in [2.75, 3.05) is 11.9 Å². The van der Waals surface area contributed by atoms with Crippen LogP contribution in [-0.2, 0) is 0 Å². The van der Waals surface area contributed by atoms with E-state index in [0.29, 0.717) is 0 Å². The number of alkyl halides is 4. The second-order valence-corrected chi connectivity index (χ2v) is 4.49. The predicted octanol–water partition coefficient (Wildman–Crippen LogP) is 3.69. The van der Waals surface area contributed by atoms with Crippen molar-refractivity contribution in [3.63, 3.8) is 0 Å². The molecule has 0 atom stereocenters. The first-order valence-electron chi connectivity index (χ1n) is 5.99. The zero-order valence-corrected chi connectivity index (χ0v) is 11.3. The minimum Gasteiger partial charge on any atom is -0.484 e. The first-order valence-corrected chi connectivity index (χ1v) is 5.99. The maximum absolute atomic E-state index is 12.9. The van der Waals surface area contributed by atoms with Crippen LogP contribution in [0.2, 0.25) is 0 Å². The summed E-state index contributed by atoms with van der Waals surface area (Å²) in [5.41, 5.74) is -0.880. The number of hydrogen-bond acceptors (Lipinski definition) is 4. The van der Waals surface area contributed by atoms with Crippen LogP contribution >= 0.6 is 0 Å². The third-order valence-electron chi connectivity index (χ3n) is 2.38. The molecule has 0 aromatic heterocycles. The highest BCUT2D eigenvalue weighted by molar-refractivity contribution is 5.68. The Labute approximate surface area is 118 Å². The molecular weight excluding hydrogens is 296 g/mol. The lowest BCUT2D eigenvalue weighted by Gasteiger charge is -2.17. The second-order valence-electron chi connectivity index (χ2n) is 4.49. The van der Waals surface area contributed by atoms with E-state index >= 15 is 0 Å². The largest absolute Gasteiger partial charge is 0.484 e. The number of nitro benzene ring substituents is 1. The summed E-state index contributed by atoms with van der Waals surface area (Å²) in [4.78, 5) is 10.2. The molecule has 0 aliphatic rings. The summed E-state index contributed by atoms with van der Waals surface area (Å²) in [6.07, 6.45) is -4.24. The van der Waals surface area contributed by atoms with Crippen LogP contribution in [0.1, 0.15) is 13.8 Å². The van der Waals surface area contributed by atoms with E-state index in [1.165, 1.54) is 12.1 Å². The van der Waals surface area contributed by atoms with Crippen molar-refractivity contribution in [1.82, 2.24) is 0 Å². The quantitative estimate of drug-likeness (QED) is 0.474. The van der Waals surface area contributed by atoms with E-state index in [0.717, 1.165) is 6.07 Å². The van der Waals surface area contributed by atoms with Gasteiger partial charge in [-0.1, -0.05) is 6.07 Å². The number of nitrogens with zero attached hydrogens (tertiary/aromatic N) is 1. The van der Waals surface area contributed by atoms with Crippen molar-refractivity contribution in [3.05, 3.63) is 28.3 Å². The molecular formula is C12H14F4N2O3. The van der Waals surface area contributed by atoms with Gasteiger partial charge in [0.05, 0.1) is 17.6 Å². The Hall–Kier alpha value is -2.06. The maximum Gasteiger partial charge on any atom is 0.333 e. The Balaban J connectivity index is 3.04. The fourth-order valence-corrected chi connectivity index (χ4v) is 1.49. The van der Waals surface area contributed by atoms with Crippen LogP contribution in [0.25, 0.3) is 0 Å². The smallest absolute Gasteiger partial charge is 0.333 e. The molecule has 21 heavy (non-hydrogen) atoms. The molecule has 1 N–H and O–H groups in total. The van der Waals surface area contributed by atoms with Gasteiger partial charge < -0.3 is 10.1 Å². The van der Waals surface area contributed by atoms with E-state index in [1.807, 2.05) is 5.32 Å². The van der Waals surface area contributed by atoms with Gasteiger partial charge >= 0.3 is 18.0 Å². The SMILES string of the molecule is CC(C)Oc1cccc(NCC(F)(F)C(F)F)c1[N+](=O)[O-]. The highest BCUT2D eigenvalue weighted by atomic mass is 19.3. The summed E-state index contributed by atoms with van der Waals surface area (Å²) in [6.45, 7) is 1.85. The standard InChI is InChI=1S/C12H14F4N2O3/c1-7(2)21-9-5-3-4-8(10(9)18(19)20)17-6-12(15,16)11(13)14/h3-5,7,11,17H,6H2,1-2H3. The van der Waals surface area contributed by atoms with Gasteiger partial charge in [0.15, 0.2) is 5.75 Å². The van der Waals surface area contributed by atoms with Gasteiger partial charge in [-0.05, 0) is 26.0 Å². The molecule has 0 aliphatic carbocycles. The van der Waals surface area contributed by atoms with Crippen molar-refractivity contribution < 1.29 is 27.2 Å². The zero-order valence-electron chi connectivity index (χ0n) is 11.3. The molecule has 9 heteroatoms. The fraction of sp³-hybridized carbons (Fsp3) is 0.500. The third-order valence-corrected chi connectivity index (χ3v) is 2.38.